The number of nitrogens with zero attached hydrogens (tertiary/aromatic N) is 2. The van der Waals surface area contributed by atoms with Crippen LogP contribution in [0.1, 0.15) is 13.2 Å². The van der Waals surface area contributed by atoms with Crippen molar-refractivity contribution in [1.82, 2.24) is 9.55 Å². The van der Waals surface area contributed by atoms with E-state index in [-0.39, 0.29) is 36.3 Å². The van der Waals surface area contributed by atoms with Crippen LogP contribution in [-0.4, -0.2) is 28.2 Å². The molecule has 18 heavy (non-hydrogen) atoms. The first-order chi connectivity index (χ1) is 8.58. The third kappa shape index (κ3) is 1.51. The maximum Gasteiger partial charge on any atom is 0.351 e. The van der Waals surface area contributed by atoms with Crippen molar-refractivity contribution in [1.29, 1.82) is 0 Å². The van der Waals surface area contributed by atoms with Crippen LogP contribution in [0.25, 0.3) is 0 Å². The van der Waals surface area contributed by atoms with Gasteiger partial charge in [0, 0.05) is 12.1 Å². The van der Waals surface area contributed by atoms with E-state index in [4.69, 9.17) is 15.2 Å². The Labute approximate surface area is 103 Å². The highest BCUT2D eigenvalue weighted by Crippen LogP contribution is 2.42. The summed E-state index contributed by atoms with van der Waals surface area (Å²) in [6.07, 6.45) is 0.772. The van der Waals surface area contributed by atoms with Crippen molar-refractivity contribution in [2.45, 2.75) is 19.3 Å². The summed E-state index contributed by atoms with van der Waals surface area (Å²) in [5.74, 6) is -0.527. The highest BCUT2D eigenvalue weighted by Gasteiger charge is 2.52. The summed E-state index contributed by atoms with van der Waals surface area (Å²) in [5, 5.41) is 0. The van der Waals surface area contributed by atoms with Crippen LogP contribution in [0.2, 0.25) is 0 Å². The summed E-state index contributed by atoms with van der Waals surface area (Å²) >= 11 is 0. The molecule has 0 radical (unpaired) electrons. The molecule has 96 valence electrons. The van der Waals surface area contributed by atoms with Gasteiger partial charge in [0.15, 0.2) is 0 Å². The number of nitrogens with two attached hydrogens (primary N) is 1. The second-order valence-corrected chi connectivity index (χ2v) is 4.62. The zero-order valence-electron chi connectivity index (χ0n) is 9.78. The molecule has 1 aromatic heterocycles. The minimum absolute atomic E-state index is 0.131. The van der Waals surface area contributed by atoms with E-state index in [1.807, 2.05) is 6.92 Å². The van der Waals surface area contributed by atoms with Crippen LogP contribution in [0.5, 0.6) is 0 Å². The summed E-state index contributed by atoms with van der Waals surface area (Å²) in [7, 11) is 0. The molecule has 7 heteroatoms. The van der Waals surface area contributed by atoms with Crippen LogP contribution in [-0.2, 0) is 14.3 Å². The number of nitrogen functional groups attached to an aromatic ring is 1. The summed E-state index contributed by atoms with van der Waals surface area (Å²) in [6, 6.07) is 1.53. The van der Waals surface area contributed by atoms with Gasteiger partial charge >= 0.3 is 11.7 Å². The van der Waals surface area contributed by atoms with E-state index >= 15 is 0 Å². The van der Waals surface area contributed by atoms with Crippen LogP contribution < -0.4 is 11.4 Å². The molecule has 2 saturated heterocycles. The zero-order valence-corrected chi connectivity index (χ0v) is 9.78. The van der Waals surface area contributed by atoms with Crippen LogP contribution in [0.15, 0.2) is 17.1 Å². The summed E-state index contributed by atoms with van der Waals surface area (Å²) in [4.78, 5) is 27.0. The van der Waals surface area contributed by atoms with Gasteiger partial charge in [-0.25, -0.2) is 4.79 Å². The Bertz CT molecular complexity index is 555. The van der Waals surface area contributed by atoms with Crippen molar-refractivity contribution in [3.8, 4) is 0 Å². The molecule has 3 heterocycles. The number of hydrogen-bond acceptors (Lipinski definition) is 6. The number of anilines is 1. The average molecular weight is 251 g/mol. The fraction of sp³-hybridized carbons (Fsp3) is 0.545. The predicted molar refractivity (Wildman–Crippen MR) is 60.4 cm³/mol. The second kappa shape index (κ2) is 3.81. The van der Waals surface area contributed by atoms with Gasteiger partial charge in [0.1, 0.15) is 24.8 Å². The van der Waals surface area contributed by atoms with Crippen molar-refractivity contribution in [3.05, 3.63) is 22.7 Å². The zero-order chi connectivity index (χ0) is 12.9. The minimum Gasteiger partial charge on any atom is -0.463 e. The van der Waals surface area contributed by atoms with Gasteiger partial charge in [-0.2, -0.15) is 4.98 Å². The number of hydrogen-bond donors (Lipinski definition) is 1. The Kier molecular flexibility index (Phi) is 2.37. The van der Waals surface area contributed by atoms with Crippen molar-refractivity contribution < 1.29 is 14.3 Å². The molecule has 2 aliphatic rings. The molecule has 4 atom stereocenters. The number of carbonyl (C=O) groups excluding carboxylic acids is 1. The van der Waals surface area contributed by atoms with E-state index in [0.717, 1.165) is 0 Å². The summed E-state index contributed by atoms with van der Waals surface area (Å²) in [6.45, 7) is 2.12. The minimum atomic E-state index is -0.492. The fourth-order valence-corrected chi connectivity index (χ4v) is 2.61. The maximum absolute atomic E-state index is 11.7. The SMILES string of the molecule is C[C@@H]1C2C(=O)OCC2OC1n1ccc(N)nc1=O. The number of aromatic nitrogens is 2. The lowest BCUT2D eigenvalue weighted by Crippen LogP contribution is -2.31. The standard InChI is InChI=1S/C11H13N3O4/c1-5-8-6(4-17-10(8)15)18-9(5)14-3-2-7(12)13-11(14)16/h2-3,5-6,8-9H,4H2,1H3,(H2,12,13,16)/t5-,6?,8?,9?/m1/s1. The van der Waals surface area contributed by atoms with Crippen molar-refractivity contribution in [2.75, 3.05) is 12.3 Å². The number of esters is 1. The van der Waals surface area contributed by atoms with Crippen LogP contribution in [0.4, 0.5) is 5.82 Å². The highest BCUT2D eigenvalue weighted by atomic mass is 16.6. The van der Waals surface area contributed by atoms with Gasteiger partial charge in [-0.15, -0.1) is 0 Å². The second-order valence-electron chi connectivity index (χ2n) is 4.62. The first-order valence-corrected chi connectivity index (χ1v) is 5.74. The van der Waals surface area contributed by atoms with Gasteiger partial charge < -0.3 is 15.2 Å². The molecule has 7 nitrogen and oxygen atoms in total. The van der Waals surface area contributed by atoms with Gasteiger partial charge in [0.2, 0.25) is 0 Å². The molecule has 0 bridgehead atoms. The molecule has 2 fully saturated rings. The lowest BCUT2D eigenvalue weighted by Gasteiger charge is -2.19. The molecule has 0 amide bonds. The van der Waals surface area contributed by atoms with Crippen molar-refractivity contribution in [3.63, 3.8) is 0 Å². The molecule has 0 aromatic carbocycles. The van der Waals surface area contributed by atoms with Crippen molar-refractivity contribution >= 4 is 11.8 Å². The van der Waals surface area contributed by atoms with Crippen LogP contribution >= 0.6 is 0 Å². The normalized spacial score (nSPS) is 34.4. The Morgan fingerprint density at radius 1 is 1.50 bits per heavy atom. The predicted octanol–water partition coefficient (Wildman–Crippen LogP) is -0.468. The molecular weight excluding hydrogens is 238 g/mol. The third-order valence-electron chi connectivity index (χ3n) is 3.52. The third-order valence-corrected chi connectivity index (χ3v) is 3.52. The topological polar surface area (TPSA) is 96.4 Å². The summed E-state index contributed by atoms with van der Waals surface area (Å²) < 4.78 is 12.0. The molecule has 0 saturated carbocycles. The lowest BCUT2D eigenvalue weighted by atomic mass is 9.93. The van der Waals surface area contributed by atoms with Gasteiger partial charge in [-0.05, 0) is 6.07 Å². The fourth-order valence-electron chi connectivity index (χ4n) is 2.61. The lowest BCUT2D eigenvalue weighted by molar-refractivity contribution is -0.143. The van der Waals surface area contributed by atoms with E-state index in [0.29, 0.717) is 0 Å². The number of ether oxygens (including phenoxy) is 2. The number of rotatable bonds is 1. The van der Waals surface area contributed by atoms with E-state index < -0.39 is 11.9 Å². The van der Waals surface area contributed by atoms with E-state index in [1.54, 1.807) is 0 Å². The average Bonchev–Trinajstić information content (AvgIpc) is 2.82. The molecule has 3 unspecified atom stereocenters. The van der Waals surface area contributed by atoms with E-state index in [1.165, 1.54) is 16.8 Å². The number of cyclic esters (lactones) is 1. The number of fused-ring (bicyclic) bond motifs is 1. The van der Waals surface area contributed by atoms with E-state index in [9.17, 15) is 9.59 Å². The Morgan fingerprint density at radius 3 is 2.94 bits per heavy atom. The molecule has 0 aliphatic carbocycles. The molecule has 2 aliphatic heterocycles. The summed E-state index contributed by atoms with van der Waals surface area (Å²) in [5.41, 5.74) is 4.96. The highest BCUT2D eigenvalue weighted by molar-refractivity contribution is 5.76. The largest absolute Gasteiger partial charge is 0.463 e. The Hall–Kier alpha value is -1.89. The Balaban J connectivity index is 1.95. The van der Waals surface area contributed by atoms with Gasteiger partial charge in [0.05, 0.1) is 5.92 Å². The van der Waals surface area contributed by atoms with Crippen molar-refractivity contribution in [2.24, 2.45) is 11.8 Å². The molecule has 0 spiro atoms. The molecule has 3 rings (SSSR count). The first-order valence-electron chi connectivity index (χ1n) is 5.74. The molecular formula is C11H13N3O4. The first kappa shape index (κ1) is 11.2. The van der Waals surface area contributed by atoms with Gasteiger partial charge in [-0.1, -0.05) is 6.92 Å². The smallest absolute Gasteiger partial charge is 0.351 e. The van der Waals surface area contributed by atoms with Gasteiger partial charge in [0.25, 0.3) is 0 Å². The van der Waals surface area contributed by atoms with Gasteiger partial charge in [-0.3, -0.25) is 9.36 Å². The van der Waals surface area contributed by atoms with Crippen LogP contribution in [0.3, 0.4) is 0 Å². The quantitative estimate of drug-likeness (QED) is 0.678. The molecule has 2 N–H and O–H groups in total. The number of carbonyl (C=O) groups is 1. The van der Waals surface area contributed by atoms with E-state index in [2.05, 4.69) is 4.98 Å². The maximum atomic E-state index is 11.7. The van der Waals surface area contributed by atoms with Crippen LogP contribution in [0, 0.1) is 11.8 Å². The molecule has 1 aromatic rings. The Morgan fingerprint density at radius 2 is 2.28 bits per heavy atom. The monoisotopic (exact) mass is 251 g/mol.